The fourth-order valence-corrected chi connectivity index (χ4v) is 1.13. The van der Waals surface area contributed by atoms with Crippen LogP contribution < -0.4 is 29.6 Å². The van der Waals surface area contributed by atoms with Gasteiger partial charge in [0.1, 0.15) is 0 Å². The fourth-order valence-electron chi connectivity index (χ4n) is 1.13. The van der Waals surface area contributed by atoms with Crippen molar-refractivity contribution in [3.63, 3.8) is 0 Å². The summed E-state index contributed by atoms with van der Waals surface area (Å²) in [5, 5.41) is 2.62. The summed E-state index contributed by atoms with van der Waals surface area (Å²) in [6.07, 6.45) is 0. The number of hydrogen-bond donors (Lipinski definition) is 0. The Morgan fingerprint density at radius 3 is 1.17 bits per heavy atom. The minimum atomic E-state index is 0. The molecule has 2 rings (SSSR count). The largest absolute Gasteiger partial charge is 1.00 e. The van der Waals surface area contributed by atoms with E-state index in [2.05, 4.69) is 48.5 Å². The minimum Gasteiger partial charge on any atom is -1.00 e. The van der Waals surface area contributed by atoms with Crippen LogP contribution in [0.25, 0.3) is 10.8 Å². The number of fused-ring (bicyclic) bond motifs is 1. The standard InChI is InChI=1S/C10H8.Ar.Na.H/c1-2-6-10-8-4-3-7-9(10)5-1;;;/h1-8H;;;/q;;+1;-1. The molecular formula is C10H9ArNa. The Bertz CT molecular complexity index is 286. The van der Waals surface area contributed by atoms with Crippen LogP contribution in [0.15, 0.2) is 48.5 Å². The van der Waals surface area contributed by atoms with Crippen LogP contribution >= 0.6 is 0 Å². The second-order valence-corrected chi connectivity index (χ2v) is 2.35. The molecule has 0 unspecified atom stereocenters. The molecule has 0 spiro atoms. The zero-order valence-electron chi connectivity index (χ0n) is 7.97. The van der Waals surface area contributed by atoms with Gasteiger partial charge in [0, 0.05) is 37.7 Å². The average Bonchev–Trinajstić information content (AvgIpc) is 2.05. The first kappa shape index (κ1) is 13.0. The van der Waals surface area contributed by atoms with Gasteiger partial charge in [0.2, 0.25) is 0 Å². The van der Waals surface area contributed by atoms with Gasteiger partial charge in [0.05, 0.1) is 0 Å². The molecule has 12 heavy (non-hydrogen) atoms. The maximum absolute atomic E-state index is 2.12. The summed E-state index contributed by atoms with van der Waals surface area (Å²) in [5.74, 6) is 0. The third-order valence-electron chi connectivity index (χ3n) is 1.66. The molecule has 0 atom stereocenters. The molecule has 0 N–H and O–H groups in total. The normalized spacial score (nSPS) is 8.33. The van der Waals surface area contributed by atoms with Crippen molar-refractivity contribution in [1.29, 1.82) is 0 Å². The molecule has 0 aliphatic heterocycles. The molecule has 2 heteroatoms. The van der Waals surface area contributed by atoms with Crippen molar-refractivity contribution in [2.75, 3.05) is 0 Å². The van der Waals surface area contributed by atoms with Gasteiger partial charge < -0.3 is 1.43 Å². The Hall–Kier alpha value is 0.960. The Morgan fingerprint density at radius 2 is 0.917 bits per heavy atom. The van der Waals surface area contributed by atoms with E-state index in [4.69, 9.17) is 0 Å². The molecule has 2 aromatic rings. The molecule has 0 aromatic heterocycles. The third-order valence-corrected chi connectivity index (χ3v) is 1.66. The first-order valence-electron chi connectivity index (χ1n) is 3.40. The molecule has 0 amide bonds. The Balaban J connectivity index is 0. The van der Waals surface area contributed by atoms with Crippen molar-refractivity contribution in [3.8, 4) is 0 Å². The van der Waals surface area contributed by atoms with E-state index in [1.54, 1.807) is 0 Å². The Morgan fingerprint density at radius 1 is 0.667 bits per heavy atom. The van der Waals surface area contributed by atoms with Crippen LogP contribution in [0, 0.1) is 37.7 Å². The van der Waals surface area contributed by atoms with Crippen molar-refractivity contribution in [1.82, 2.24) is 0 Å². The molecule has 0 heterocycles. The zero-order chi connectivity index (χ0) is 6.81. The number of hydrogen-bond acceptors (Lipinski definition) is 0. The monoisotopic (exact) mass is 192 g/mol. The zero-order valence-corrected chi connectivity index (χ0v) is 9.68. The first-order valence-corrected chi connectivity index (χ1v) is 3.40. The summed E-state index contributed by atoms with van der Waals surface area (Å²) in [6.45, 7) is 0. The summed E-state index contributed by atoms with van der Waals surface area (Å²) in [7, 11) is 0. The van der Waals surface area contributed by atoms with Crippen LogP contribution in [0.3, 0.4) is 0 Å². The van der Waals surface area contributed by atoms with Gasteiger partial charge in [0.25, 0.3) is 0 Å². The first-order chi connectivity index (χ1) is 4.97. The molecule has 0 saturated carbocycles. The van der Waals surface area contributed by atoms with Gasteiger partial charge in [-0.2, -0.15) is 0 Å². The van der Waals surface area contributed by atoms with Crippen LogP contribution in [-0.2, 0) is 0 Å². The summed E-state index contributed by atoms with van der Waals surface area (Å²) in [5.41, 5.74) is 0. The van der Waals surface area contributed by atoms with Crippen LogP contribution in [0.4, 0.5) is 0 Å². The number of rotatable bonds is 0. The summed E-state index contributed by atoms with van der Waals surface area (Å²) in [6, 6.07) is 16.7. The smallest absolute Gasteiger partial charge is 1.00 e. The molecule has 0 radical (unpaired) electrons. The van der Waals surface area contributed by atoms with Gasteiger partial charge >= 0.3 is 29.6 Å². The molecule has 2 aromatic carbocycles. The van der Waals surface area contributed by atoms with Crippen LogP contribution in [0.1, 0.15) is 1.43 Å². The summed E-state index contributed by atoms with van der Waals surface area (Å²) in [4.78, 5) is 0. The predicted molar refractivity (Wildman–Crippen MR) is 45.1 cm³/mol. The van der Waals surface area contributed by atoms with E-state index < -0.39 is 0 Å². The van der Waals surface area contributed by atoms with Crippen LogP contribution in [-0.4, -0.2) is 0 Å². The molecule has 0 fully saturated rings. The predicted octanol–water partition coefficient (Wildman–Crippen LogP) is -0.0437. The Labute approximate surface area is 126 Å². The molecule has 58 valence electrons. The summed E-state index contributed by atoms with van der Waals surface area (Å²) < 4.78 is 0. The molecular weight excluding hydrogens is 183 g/mol. The van der Waals surface area contributed by atoms with Crippen molar-refractivity contribution in [2.24, 2.45) is 0 Å². The van der Waals surface area contributed by atoms with Gasteiger partial charge in [-0.3, -0.25) is 0 Å². The van der Waals surface area contributed by atoms with Crippen molar-refractivity contribution in [2.45, 2.75) is 0 Å². The van der Waals surface area contributed by atoms with Crippen LogP contribution in [0.5, 0.6) is 0 Å². The molecule has 0 aliphatic carbocycles. The SMILES string of the molecule is [Ar].[H-].[Na+].c1ccc2ccccc2c1. The average molecular weight is 192 g/mol. The van der Waals surface area contributed by atoms with Gasteiger partial charge in [-0.05, 0) is 10.8 Å². The maximum atomic E-state index is 2.12. The second kappa shape index (κ2) is 6.42. The van der Waals surface area contributed by atoms with E-state index in [0.29, 0.717) is 0 Å². The molecule has 0 bridgehead atoms. The minimum absolute atomic E-state index is 0. The van der Waals surface area contributed by atoms with E-state index in [1.165, 1.54) is 10.8 Å². The van der Waals surface area contributed by atoms with E-state index in [1.807, 2.05) is 0 Å². The second-order valence-electron chi connectivity index (χ2n) is 2.35. The van der Waals surface area contributed by atoms with Crippen molar-refractivity contribution < 1.29 is 68.7 Å². The fraction of sp³-hybridized carbons (Fsp3) is 0. The quantitative estimate of drug-likeness (QED) is 0.514. The van der Waals surface area contributed by atoms with Gasteiger partial charge in [-0.15, -0.1) is 0 Å². The van der Waals surface area contributed by atoms with Crippen molar-refractivity contribution in [3.05, 3.63) is 48.5 Å². The topological polar surface area (TPSA) is 0 Å². The summed E-state index contributed by atoms with van der Waals surface area (Å²) >= 11 is 0. The van der Waals surface area contributed by atoms with E-state index in [0.717, 1.165) is 0 Å². The number of benzene rings is 2. The van der Waals surface area contributed by atoms with E-state index >= 15 is 0 Å². The van der Waals surface area contributed by atoms with Crippen LogP contribution in [0.2, 0.25) is 0 Å². The Kier molecular flexibility index (Phi) is 6.93. The molecule has 0 nitrogen and oxygen atoms in total. The maximum Gasteiger partial charge on any atom is 1.00 e. The molecule has 0 aliphatic rings. The van der Waals surface area contributed by atoms with Gasteiger partial charge in [-0.25, -0.2) is 0 Å². The van der Waals surface area contributed by atoms with Gasteiger partial charge in [0.15, 0.2) is 0 Å². The third kappa shape index (κ3) is 3.02. The molecule has 0 saturated heterocycles. The van der Waals surface area contributed by atoms with E-state index in [9.17, 15) is 0 Å². The van der Waals surface area contributed by atoms with Gasteiger partial charge in [-0.1, -0.05) is 48.5 Å². The van der Waals surface area contributed by atoms with Crippen molar-refractivity contribution >= 4 is 10.8 Å². The van der Waals surface area contributed by atoms with E-state index in [-0.39, 0.29) is 68.7 Å².